The number of alkyl halides is 3. The van der Waals surface area contributed by atoms with Crippen molar-refractivity contribution in [2.24, 2.45) is 16.2 Å². The molecule has 0 radical (unpaired) electrons. The SMILES string of the molecule is CC(C)c1ccc(OC(=O)C23CCC(C(Br)Br)(C2Br)C3(C)C)cc1. The summed E-state index contributed by atoms with van der Waals surface area (Å²) in [5.41, 5.74) is 0.661. The highest BCUT2D eigenvalue weighted by Gasteiger charge is 2.84. The summed E-state index contributed by atoms with van der Waals surface area (Å²) >= 11 is 11.2. The Morgan fingerprint density at radius 1 is 1.17 bits per heavy atom. The van der Waals surface area contributed by atoms with Gasteiger partial charge in [0.25, 0.3) is 0 Å². The van der Waals surface area contributed by atoms with E-state index in [0.717, 1.165) is 12.8 Å². The molecular formula is C19H23Br3O2. The number of carbonyl (C=O) groups is 1. The molecule has 2 nitrogen and oxygen atoms in total. The largest absolute Gasteiger partial charge is 0.426 e. The number of halogens is 3. The molecule has 0 spiro atoms. The molecule has 3 unspecified atom stereocenters. The van der Waals surface area contributed by atoms with Gasteiger partial charge in [-0.25, -0.2) is 0 Å². The van der Waals surface area contributed by atoms with E-state index in [1.807, 2.05) is 24.3 Å². The van der Waals surface area contributed by atoms with Crippen LogP contribution in [0, 0.1) is 16.2 Å². The topological polar surface area (TPSA) is 26.3 Å². The lowest BCUT2D eigenvalue weighted by atomic mass is 9.43. The molecule has 132 valence electrons. The monoisotopic (exact) mass is 520 g/mol. The highest BCUT2D eigenvalue weighted by atomic mass is 79.9. The molecule has 0 N–H and O–H groups in total. The molecule has 3 saturated carbocycles. The van der Waals surface area contributed by atoms with Crippen LogP contribution >= 0.6 is 47.8 Å². The fraction of sp³-hybridized carbons (Fsp3) is 0.632. The van der Waals surface area contributed by atoms with Crippen LogP contribution in [0.2, 0.25) is 0 Å². The van der Waals surface area contributed by atoms with Crippen molar-refractivity contribution >= 4 is 53.8 Å². The minimum Gasteiger partial charge on any atom is -0.426 e. The number of hydrogen-bond donors (Lipinski definition) is 0. The highest BCUT2D eigenvalue weighted by Crippen LogP contribution is 2.82. The van der Waals surface area contributed by atoms with Crippen LogP contribution in [-0.2, 0) is 4.79 Å². The van der Waals surface area contributed by atoms with Crippen LogP contribution in [0.25, 0.3) is 0 Å². The Balaban J connectivity index is 1.83. The third-order valence-corrected chi connectivity index (χ3v) is 9.84. The van der Waals surface area contributed by atoms with E-state index in [2.05, 4.69) is 75.5 Å². The van der Waals surface area contributed by atoms with Gasteiger partial charge >= 0.3 is 5.97 Å². The normalized spacial score (nSPS) is 33.6. The Morgan fingerprint density at radius 3 is 2.17 bits per heavy atom. The fourth-order valence-corrected chi connectivity index (χ4v) is 9.66. The second-order valence-electron chi connectivity index (χ2n) is 7.91. The van der Waals surface area contributed by atoms with Gasteiger partial charge in [0.2, 0.25) is 0 Å². The van der Waals surface area contributed by atoms with Gasteiger partial charge in [0, 0.05) is 10.2 Å². The number of benzene rings is 1. The lowest BCUT2D eigenvalue weighted by Gasteiger charge is -2.65. The summed E-state index contributed by atoms with van der Waals surface area (Å²) in [4.78, 5) is 13.2. The molecule has 0 aromatic heterocycles. The van der Waals surface area contributed by atoms with E-state index in [9.17, 15) is 4.79 Å². The number of esters is 1. The lowest BCUT2D eigenvalue weighted by molar-refractivity contribution is -0.176. The molecule has 3 aliphatic carbocycles. The molecule has 1 aromatic rings. The van der Waals surface area contributed by atoms with Crippen LogP contribution in [0.1, 0.15) is 52.0 Å². The average molecular weight is 523 g/mol. The maximum absolute atomic E-state index is 13.1. The molecule has 5 heteroatoms. The Bertz CT molecular complexity index is 653. The molecule has 0 saturated heterocycles. The number of ether oxygens (including phenoxy) is 1. The highest BCUT2D eigenvalue weighted by molar-refractivity contribution is 9.24. The zero-order valence-corrected chi connectivity index (χ0v) is 19.2. The first-order valence-electron chi connectivity index (χ1n) is 8.35. The van der Waals surface area contributed by atoms with Crippen molar-refractivity contribution in [3.05, 3.63) is 29.8 Å². The van der Waals surface area contributed by atoms with Crippen molar-refractivity contribution in [2.45, 2.75) is 55.0 Å². The summed E-state index contributed by atoms with van der Waals surface area (Å²) in [7, 11) is 0. The van der Waals surface area contributed by atoms with Crippen LogP contribution < -0.4 is 4.74 Å². The van der Waals surface area contributed by atoms with Gasteiger partial charge in [-0.1, -0.05) is 87.6 Å². The van der Waals surface area contributed by atoms with Gasteiger partial charge in [-0.05, 0) is 41.9 Å². The van der Waals surface area contributed by atoms with Crippen LogP contribution in [-0.4, -0.2) is 14.5 Å². The number of hydrogen-bond acceptors (Lipinski definition) is 2. The summed E-state index contributed by atoms with van der Waals surface area (Å²) in [6.07, 6.45) is 1.85. The minimum atomic E-state index is -0.469. The maximum atomic E-state index is 13.1. The predicted molar refractivity (Wildman–Crippen MR) is 108 cm³/mol. The van der Waals surface area contributed by atoms with Crippen LogP contribution in [0.15, 0.2) is 24.3 Å². The zero-order valence-electron chi connectivity index (χ0n) is 14.4. The average Bonchev–Trinajstić information content (AvgIpc) is 2.97. The first-order valence-corrected chi connectivity index (χ1v) is 11.1. The second-order valence-corrected chi connectivity index (χ2v) is 11.9. The molecule has 4 rings (SSSR count). The summed E-state index contributed by atoms with van der Waals surface area (Å²) in [6, 6.07) is 7.88. The van der Waals surface area contributed by atoms with Crippen molar-refractivity contribution in [2.75, 3.05) is 0 Å². The van der Waals surface area contributed by atoms with E-state index < -0.39 is 5.41 Å². The van der Waals surface area contributed by atoms with Gasteiger partial charge in [0.1, 0.15) is 5.75 Å². The molecule has 3 atom stereocenters. The molecule has 3 aliphatic rings. The Labute approximate surface area is 169 Å². The predicted octanol–water partition coefficient (Wildman–Crippen LogP) is 6.40. The standard InChI is InChI=1S/C19H23Br3O2/c1-11(2)12-5-7-13(8-6-12)24-16(23)19-10-9-18(14(19)20,15(21)22)17(19,3)4/h5-8,11,14-15H,9-10H2,1-4H3. The van der Waals surface area contributed by atoms with E-state index in [1.165, 1.54) is 5.56 Å². The molecule has 1 aromatic carbocycles. The first-order chi connectivity index (χ1) is 11.1. The van der Waals surface area contributed by atoms with Crippen LogP contribution in [0.4, 0.5) is 0 Å². The van der Waals surface area contributed by atoms with Gasteiger partial charge in [-0.2, -0.15) is 0 Å². The van der Waals surface area contributed by atoms with E-state index >= 15 is 0 Å². The summed E-state index contributed by atoms with van der Waals surface area (Å²) in [5.74, 6) is 0.990. The van der Waals surface area contributed by atoms with Crippen molar-refractivity contribution < 1.29 is 9.53 Å². The first kappa shape index (κ1) is 18.9. The van der Waals surface area contributed by atoms with E-state index in [1.54, 1.807) is 0 Å². The van der Waals surface area contributed by atoms with Crippen LogP contribution in [0.5, 0.6) is 5.75 Å². The lowest BCUT2D eigenvalue weighted by Crippen LogP contribution is -2.71. The Morgan fingerprint density at radius 2 is 1.75 bits per heavy atom. The van der Waals surface area contributed by atoms with Crippen molar-refractivity contribution in [3.63, 3.8) is 0 Å². The molecule has 24 heavy (non-hydrogen) atoms. The second kappa shape index (κ2) is 6.09. The molecule has 0 aliphatic heterocycles. The molecule has 0 amide bonds. The van der Waals surface area contributed by atoms with Gasteiger partial charge in [0.15, 0.2) is 0 Å². The molecule has 0 heterocycles. The molecular weight excluding hydrogens is 500 g/mol. The number of fused-ring (bicyclic) bond motifs is 1. The molecule has 2 bridgehead atoms. The quantitative estimate of drug-likeness (QED) is 0.260. The van der Waals surface area contributed by atoms with Crippen molar-refractivity contribution in [1.82, 2.24) is 0 Å². The third kappa shape index (κ3) is 2.19. The van der Waals surface area contributed by atoms with E-state index in [4.69, 9.17) is 4.74 Å². The fourth-order valence-electron chi connectivity index (χ4n) is 4.77. The van der Waals surface area contributed by atoms with E-state index in [-0.39, 0.29) is 25.4 Å². The smallest absolute Gasteiger partial charge is 0.319 e. The van der Waals surface area contributed by atoms with E-state index in [0.29, 0.717) is 11.7 Å². The third-order valence-electron chi connectivity index (χ3n) is 6.61. The summed E-state index contributed by atoms with van der Waals surface area (Å²) < 4.78 is 5.98. The summed E-state index contributed by atoms with van der Waals surface area (Å²) in [6.45, 7) is 8.69. The summed E-state index contributed by atoms with van der Waals surface area (Å²) in [5, 5.41) is 0. The maximum Gasteiger partial charge on any atom is 0.319 e. The van der Waals surface area contributed by atoms with Gasteiger partial charge in [-0.15, -0.1) is 0 Å². The van der Waals surface area contributed by atoms with Gasteiger partial charge < -0.3 is 4.74 Å². The Hall–Kier alpha value is 0.130. The molecule has 3 fully saturated rings. The van der Waals surface area contributed by atoms with Gasteiger partial charge in [-0.3, -0.25) is 4.79 Å². The van der Waals surface area contributed by atoms with Crippen molar-refractivity contribution in [3.8, 4) is 5.75 Å². The van der Waals surface area contributed by atoms with Gasteiger partial charge in [0.05, 0.1) is 9.15 Å². The number of rotatable bonds is 4. The Kier molecular flexibility index (Phi) is 4.80. The van der Waals surface area contributed by atoms with Crippen LogP contribution in [0.3, 0.4) is 0 Å². The minimum absolute atomic E-state index is 0.0213. The van der Waals surface area contributed by atoms with Crippen molar-refractivity contribution in [1.29, 1.82) is 0 Å². The zero-order chi connectivity index (χ0) is 17.9. The number of carbonyl (C=O) groups excluding carboxylic acids is 1.